The fraction of sp³-hybridized carbons (Fsp3) is 0.600. The Morgan fingerprint density at radius 3 is 2.95 bits per heavy atom. The van der Waals surface area contributed by atoms with E-state index < -0.39 is 5.54 Å². The molecular formula is C15H22N2O3. The number of aliphatic hydroxyl groups is 1. The van der Waals surface area contributed by atoms with E-state index in [2.05, 4.69) is 12.2 Å². The van der Waals surface area contributed by atoms with Crippen LogP contribution in [0.3, 0.4) is 0 Å². The zero-order valence-corrected chi connectivity index (χ0v) is 12.1. The topological polar surface area (TPSA) is 71.3 Å². The molecule has 2 N–H and O–H groups in total. The first kappa shape index (κ1) is 14.8. The summed E-state index contributed by atoms with van der Waals surface area (Å²) in [5.74, 6) is 0.200. The van der Waals surface area contributed by atoms with Gasteiger partial charge in [0.2, 0.25) is 0 Å². The van der Waals surface area contributed by atoms with E-state index in [1.165, 1.54) is 10.6 Å². The molecule has 0 saturated heterocycles. The molecular weight excluding hydrogens is 256 g/mol. The molecule has 1 aromatic rings. The molecule has 0 bridgehead atoms. The van der Waals surface area contributed by atoms with Gasteiger partial charge in [0, 0.05) is 24.9 Å². The monoisotopic (exact) mass is 278 g/mol. The summed E-state index contributed by atoms with van der Waals surface area (Å²) >= 11 is 0. The Labute approximate surface area is 118 Å². The summed E-state index contributed by atoms with van der Waals surface area (Å²) in [5.41, 5.74) is -0.414. The fourth-order valence-electron chi connectivity index (χ4n) is 2.96. The number of nitrogens with one attached hydrogen (secondary N) is 1. The number of pyridine rings is 1. The highest BCUT2D eigenvalue weighted by Gasteiger charge is 2.35. The largest absolute Gasteiger partial charge is 0.394 e. The van der Waals surface area contributed by atoms with E-state index in [0.29, 0.717) is 11.5 Å². The lowest BCUT2D eigenvalue weighted by Crippen LogP contribution is -2.54. The van der Waals surface area contributed by atoms with Gasteiger partial charge in [-0.25, -0.2) is 0 Å². The molecule has 1 aliphatic carbocycles. The van der Waals surface area contributed by atoms with Crippen LogP contribution in [-0.2, 0) is 7.05 Å². The van der Waals surface area contributed by atoms with Crippen molar-refractivity contribution in [2.75, 3.05) is 6.61 Å². The summed E-state index contributed by atoms with van der Waals surface area (Å²) in [4.78, 5) is 23.8. The van der Waals surface area contributed by atoms with Crippen LogP contribution in [-0.4, -0.2) is 27.7 Å². The average Bonchev–Trinajstić information content (AvgIpc) is 2.41. The summed E-state index contributed by atoms with van der Waals surface area (Å²) in [6, 6.07) is 2.95. The Hall–Kier alpha value is -1.62. The molecule has 1 heterocycles. The number of amides is 1. The molecule has 1 aromatic heterocycles. The number of aryl methyl sites for hydroxylation is 1. The minimum Gasteiger partial charge on any atom is -0.394 e. The van der Waals surface area contributed by atoms with E-state index in [9.17, 15) is 14.7 Å². The summed E-state index contributed by atoms with van der Waals surface area (Å²) in [5, 5.41) is 12.6. The number of aromatic nitrogens is 1. The molecule has 2 unspecified atom stereocenters. The Morgan fingerprint density at radius 1 is 1.60 bits per heavy atom. The van der Waals surface area contributed by atoms with E-state index >= 15 is 0 Å². The quantitative estimate of drug-likeness (QED) is 0.868. The maximum Gasteiger partial charge on any atom is 0.252 e. The van der Waals surface area contributed by atoms with Crippen molar-refractivity contribution < 1.29 is 9.90 Å². The van der Waals surface area contributed by atoms with Gasteiger partial charge in [0.1, 0.15) is 0 Å². The summed E-state index contributed by atoms with van der Waals surface area (Å²) in [7, 11) is 1.64. The van der Waals surface area contributed by atoms with E-state index in [1.807, 2.05) is 0 Å². The average molecular weight is 278 g/mol. The first-order valence-electron chi connectivity index (χ1n) is 7.06. The normalized spacial score (nSPS) is 26.2. The molecule has 110 valence electrons. The van der Waals surface area contributed by atoms with Crippen molar-refractivity contribution in [3.8, 4) is 0 Å². The van der Waals surface area contributed by atoms with Crippen LogP contribution in [0.2, 0.25) is 0 Å². The predicted octanol–water partition coefficient (Wildman–Crippen LogP) is 1.06. The van der Waals surface area contributed by atoms with Crippen LogP contribution < -0.4 is 10.9 Å². The lowest BCUT2D eigenvalue weighted by atomic mass is 9.76. The summed E-state index contributed by atoms with van der Waals surface area (Å²) in [6.07, 6.45) is 5.26. The Balaban J connectivity index is 2.16. The van der Waals surface area contributed by atoms with Crippen LogP contribution in [0.1, 0.15) is 43.0 Å². The third kappa shape index (κ3) is 3.10. The van der Waals surface area contributed by atoms with Crippen molar-refractivity contribution in [3.05, 3.63) is 34.2 Å². The van der Waals surface area contributed by atoms with Crippen LogP contribution in [0, 0.1) is 5.92 Å². The second kappa shape index (κ2) is 5.79. The van der Waals surface area contributed by atoms with Crippen molar-refractivity contribution in [3.63, 3.8) is 0 Å². The molecule has 1 amide bonds. The Morgan fingerprint density at radius 2 is 2.35 bits per heavy atom. The number of hydrogen-bond donors (Lipinski definition) is 2. The van der Waals surface area contributed by atoms with Gasteiger partial charge in [-0.1, -0.05) is 19.8 Å². The molecule has 1 aliphatic rings. The van der Waals surface area contributed by atoms with Crippen molar-refractivity contribution in [1.82, 2.24) is 9.88 Å². The smallest absolute Gasteiger partial charge is 0.252 e. The van der Waals surface area contributed by atoms with E-state index in [1.54, 1.807) is 19.3 Å². The maximum absolute atomic E-state index is 12.3. The summed E-state index contributed by atoms with van der Waals surface area (Å²) < 4.78 is 1.42. The standard InChI is InChI=1S/C15H22N2O3/c1-11-4-3-6-15(9-11,10-18)16-14(20)12-5-7-17(2)13(19)8-12/h5,7-8,11,18H,3-4,6,9-10H2,1-2H3,(H,16,20). The molecule has 5 nitrogen and oxygen atoms in total. The van der Waals surface area contributed by atoms with E-state index in [-0.39, 0.29) is 18.1 Å². The number of hydrogen-bond acceptors (Lipinski definition) is 3. The third-order valence-electron chi connectivity index (χ3n) is 4.14. The fourth-order valence-corrected chi connectivity index (χ4v) is 2.96. The van der Waals surface area contributed by atoms with E-state index in [0.717, 1.165) is 25.7 Å². The van der Waals surface area contributed by atoms with E-state index in [4.69, 9.17) is 0 Å². The lowest BCUT2D eigenvalue weighted by Gasteiger charge is -2.39. The number of carbonyl (C=O) groups is 1. The Bertz CT molecular complexity index is 552. The van der Waals surface area contributed by atoms with Gasteiger partial charge in [0.15, 0.2) is 0 Å². The van der Waals surface area contributed by atoms with Gasteiger partial charge in [0.25, 0.3) is 11.5 Å². The van der Waals surface area contributed by atoms with Crippen molar-refractivity contribution in [1.29, 1.82) is 0 Å². The first-order valence-corrected chi connectivity index (χ1v) is 7.06. The highest BCUT2D eigenvalue weighted by molar-refractivity contribution is 5.94. The molecule has 2 rings (SSSR count). The second-order valence-electron chi connectivity index (χ2n) is 5.96. The molecule has 0 aliphatic heterocycles. The zero-order valence-electron chi connectivity index (χ0n) is 12.1. The zero-order chi connectivity index (χ0) is 14.8. The summed E-state index contributed by atoms with van der Waals surface area (Å²) in [6.45, 7) is 2.07. The van der Waals surface area contributed by atoms with Gasteiger partial charge < -0.3 is 15.0 Å². The molecule has 1 fully saturated rings. The third-order valence-corrected chi connectivity index (χ3v) is 4.14. The number of nitrogens with zero attached hydrogens (tertiary/aromatic N) is 1. The van der Waals surface area contributed by atoms with Gasteiger partial charge in [-0.05, 0) is 24.8 Å². The minimum absolute atomic E-state index is 0.0616. The van der Waals surface area contributed by atoms with Crippen LogP contribution in [0.25, 0.3) is 0 Å². The first-order chi connectivity index (χ1) is 9.46. The van der Waals surface area contributed by atoms with Gasteiger partial charge in [-0.2, -0.15) is 0 Å². The molecule has 0 aromatic carbocycles. The van der Waals surface area contributed by atoms with Crippen molar-refractivity contribution in [2.24, 2.45) is 13.0 Å². The van der Waals surface area contributed by atoms with Crippen molar-refractivity contribution in [2.45, 2.75) is 38.1 Å². The molecule has 2 atom stereocenters. The van der Waals surface area contributed by atoms with Gasteiger partial charge in [0.05, 0.1) is 12.1 Å². The van der Waals surface area contributed by atoms with Crippen molar-refractivity contribution >= 4 is 5.91 Å². The van der Waals surface area contributed by atoms with Gasteiger partial charge in [-0.15, -0.1) is 0 Å². The number of carbonyl (C=O) groups excluding carboxylic acids is 1. The minimum atomic E-state index is -0.546. The highest BCUT2D eigenvalue weighted by atomic mass is 16.3. The lowest BCUT2D eigenvalue weighted by molar-refractivity contribution is 0.0697. The van der Waals surface area contributed by atoms with Crippen LogP contribution >= 0.6 is 0 Å². The Kier molecular flexibility index (Phi) is 4.28. The molecule has 5 heteroatoms. The molecule has 0 spiro atoms. The van der Waals surface area contributed by atoms with Crippen LogP contribution in [0.4, 0.5) is 0 Å². The van der Waals surface area contributed by atoms with Crippen LogP contribution in [0.5, 0.6) is 0 Å². The second-order valence-corrected chi connectivity index (χ2v) is 5.96. The number of aliphatic hydroxyl groups excluding tert-OH is 1. The predicted molar refractivity (Wildman–Crippen MR) is 76.6 cm³/mol. The van der Waals surface area contributed by atoms with Crippen LogP contribution in [0.15, 0.2) is 23.1 Å². The molecule has 0 radical (unpaired) electrons. The number of rotatable bonds is 3. The molecule has 20 heavy (non-hydrogen) atoms. The maximum atomic E-state index is 12.3. The van der Waals surface area contributed by atoms with Gasteiger partial charge in [-0.3, -0.25) is 9.59 Å². The SMILES string of the molecule is CC1CCCC(CO)(NC(=O)c2ccn(C)c(=O)c2)C1. The highest BCUT2D eigenvalue weighted by Crippen LogP contribution is 2.32. The van der Waals surface area contributed by atoms with Gasteiger partial charge >= 0.3 is 0 Å². The molecule has 1 saturated carbocycles.